The normalized spacial score (nSPS) is 12.2. The van der Waals surface area contributed by atoms with Crippen molar-refractivity contribution in [3.05, 3.63) is 66.8 Å². The van der Waals surface area contributed by atoms with Crippen LogP contribution in [0.2, 0.25) is 0 Å². The molecule has 1 unspecified atom stereocenters. The third-order valence-corrected chi connectivity index (χ3v) is 5.67. The molecule has 1 aromatic heterocycles. The molecule has 1 atom stereocenters. The molecule has 3 N–H and O–H groups in total. The van der Waals surface area contributed by atoms with Gasteiger partial charge in [-0.3, -0.25) is 15.3 Å². The first-order valence-corrected chi connectivity index (χ1v) is 9.78. The Labute approximate surface area is 161 Å². The van der Waals surface area contributed by atoms with Crippen LogP contribution in [0.1, 0.15) is 17.4 Å². The molecule has 0 aliphatic heterocycles. The molecule has 0 aliphatic rings. The minimum absolute atomic E-state index is 0.0531. The number of rotatable bonds is 10. The molecule has 0 saturated carbocycles. The van der Waals surface area contributed by atoms with E-state index < -0.39 is 33.6 Å². The second-order valence-corrected chi connectivity index (χ2v) is 7.68. The van der Waals surface area contributed by atoms with Crippen molar-refractivity contribution in [2.45, 2.75) is 16.7 Å². The Balaban J connectivity index is 2.31. The fourth-order valence-electron chi connectivity index (χ4n) is 2.33. The number of nitrogens with zero attached hydrogens (tertiary/aromatic N) is 1. The molecule has 1 amide bonds. The average molecular weight is 409 g/mol. The number of hydrogen-bond donors (Lipinski definition) is 3. The van der Waals surface area contributed by atoms with Gasteiger partial charge in [0.1, 0.15) is 11.1 Å². The minimum atomic E-state index is -4.06. The van der Waals surface area contributed by atoms with E-state index in [0.717, 1.165) is 12.3 Å². The van der Waals surface area contributed by atoms with Gasteiger partial charge >= 0.3 is 0 Å². The zero-order chi connectivity index (χ0) is 20.6. The minimum Gasteiger partial charge on any atom is -0.493 e. The molecule has 0 saturated heterocycles. The van der Waals surface area contributed by atoms with Gasteiger partial charge in [-0.2, -0.15) is 4.39 Å². The van der Waals surface area contributed by atoms with Crippen LogP contribution in [0, 0.1) is 5.95 Å². The number of ether oxygens (including phenoxy) is 1. The van der Waals surface area contributed by atoms with Gasteiger partial charge < -0.3 is 4.74 Å². The highest BCUT2D eigenvalue weighted by Crippen LogP contribution is 2.28. The van der Waals surface area contributed by atoms with E-state index in [4.69, 9.17) is 9.94 Å². The van der Waals surface area contributed by atoms with Gasteiger partial charge in [-0.25, -0.2) is 18.9 Å². The SMILES string of the molecule is C=CCCOc1ccc(S(=O)(=O)C(NCC(=O)NO)c2ccnc(F)c2)cc1. The highest BCUT2D eigenvalue weighted by atomic mass is 32.2. The van der Waals surface area contributed by atoms with Crippen LogP contribution in [0.15, 0.2) is 60.1 Å². The van der Waals surface area contributed by atoms with E-state index in [1.165, 1.54) is 35.8 Å². The van der Waals surface area contributed by atoms with Gasteiger partial charge in [0, 0.05) is 6.20 Å². The second-order valence-electron chi connectivity index (χ2n) is 5.65. The van der Waals surface area contributed by atoms with Crippen LogP contribution in [-0.4, -0.2) is 37.7 Å². The van der Waals surface area contributed by atoms with Crippen LogP contribution >= 0.6 is 0 Å². The third kappa shape index (κ3) is 5.59. The molecule has 28 heavy (non-hydrogen) atoms. The summed E-state index contributed by atoms with van der Waals surface area (Å²) in [6.07, 6.45) is 3.47. The summed E-state index contributed by atoms with van der Waals surface area (Å²) in [5.74, 6) is -1.22. The second kappa shape index (κ2) is 9.93. The van der Waals surface area contributed by atoms with Crippen molar-refractivity contribution in [1.82, 2.24) is 15.8 Å². The van der Waals surface area contributed by atoms with Crippen LogP contribution in [0.3, 0.4) is 0 Å². The Hall–Kier alpha value is -2.82. The summed E-state index contributed by atoms with van der Waals surface area (Å²) in [6, 6.07) is 8.00. The van der Waals surface area contributed by atoms with Crippen LogP contribution in [-0.2, 0) is 14.6 Å². The van der Waals surface area contributed by atoms with Crippen LogP contribution in [0.5, 0.6) is 5.75 Å². The molecular formula is C18H20FN3O5S. The van der Waals surface area contributed by atoms with Crippen LogP contribution < -0.4 is 15.5 Å². The summed E-state index contributed by atoms with van der Waals surface area (Å²) < 4.78 is 45.1. The first kappa shape index (κ1) is 21.5. The molecule has 0 aliphatic carbocycles. The van der Waals surface area contributed by atoms with Crippen molar-refractivity contribution in [1.29, 1.82) is 0 Å². The number of nitrogens with one attached hydrogen (secondary N) is 2. The zero-order valence-electron chi connectivity index (χ0n) is 14.8. The molecular weight excluding hydrogens is 389 g/mol. The summed E-state index contributed by atoms with van der Waals surface area (Å²) in [7, 11) is -4.06. The molecule has 10 heteroatoms. The molecule has 0 radical (unpaired) electrons. The summed E-state index contributed by atoms with van der Waals surface area (Å²) in [5, 5.41) is 9.70. The number of aromatic nitrogens is 1. The standard InChI is InChI=1S/C18H20FN3O5S/c1-2-3-10-27-14-4-6-15(7-5-14)28(25,26)18(21-12-17(23)22-24)13-8-9-20-16(19)11-13/h2,4-9,11,18,21,24H,1,3,10,12H2,(H,22,23). The predicted octanol–water partition coefficient (Wildman–Crippen LogP) is 1.74. The maximum atomic E-state index is 13.5. The maximum absolute atomic E-state index is 13.5. The largest absolute Gasteiger partial charge is 0.493 e. The third-order valence-electron chi connectivity index (χ3n) is 3.68. The lowest BCUT2D eigenvalue weighted by atomic mass is 10.2. The Morgan fingerprint density at radius 1 is 1.32 bits per heavy atom. The number of pyridine rings is 1. The number of halogens is 1. The summed E-state index contributed by atoms with van der Waals surface area (Å²) in [5.41, 5.74) is 1.46. The Kier molecular flexibility index (Phi) is 7.61. The average Bonchev–Trinajstić information content (AvgIpc) is 2.68. The molecule has 0 spiro atoms. The Morgan fingerprint density at radius 3 is 2.64 bits per heavy atom. The number of carbonyl (C=O) groups excluding carboxylic acids is 1. The van der Waals surface area contributed by atoms with Crippen molar-refractivity contribution in [2.75, 3.05) is 13.2 Å². The quantitative estimate of drug-likeness (QED) is 0.180. The number of benzene rings is 1. The molecule has 0 bridgehead atoms. The summed E-state index contributed by atoms with van der Waals surface area (Å²) >= 11 is 0. The topological polar surface area (TPSA) is 118 Å². The van der Waals surface area contributed by atoms with Gasteiger partial charge in [0.05, 0.1) is 18.0 Å². The van der Waals surface area contributed by atoms with Crippen molar-refractivity contribution >= 4 is 15.7 Å². The van der Waals surface area contributed by atoms with E-state index in [9.17, 15) is 17.6 Å². The van der Waals surface area contributed by atoms with E-state index in [2.05, 4.69) is 16.9 Å². The highest BCUT2D eigenvalue weighted by molar-refractivity contribution is 7.91. The molecule has 0 fully saturated rings. The fourth-order valence-corrected chi connectivity index (χ4v) is 3.93. The predicted molar refractivity (Wildman–Crippen MR) is 98.8 cm³/mol. The lowest BCUT2D eigenvalue weighted by Crippen LogP contribution is -2.37. The van der Waals surface area contributed by atoms with Gasteiger partial charge in [0.15, 0.2) is 9.84 Å². The molecule has 2 aromatic rings. The lowest BCUT2D eigenvalue weighted by Gasteiger charge is -2.19. The van der Waals surface area contributed by atoms with Gasteiger partial charge in [-0.15, -0.1) is 6.58 Å². The first-order valence-electron chi connectivity index (χ1n) is 8.24. The van der Waals surface area contributed by atoms with E-state index in [1.54, 1.807) is 6.08 Å². The monoisotopic (exact) mass is 409 g/mol. The van der Waals surface area contributed by atoms with E-state index in [-0.39, 0.29) is 10.5 Å². The summed E-state index contributed by atoms with van der Waals surface area (Å²) in [4.78, 5) is 14.7. The van der Waals surface area contributed by atoms with Crippen molar-refractivity contribution < 1.29 is 27.5 Å². The van der Waals surface area contributed by atoms with Gasteiger partial charge in [-0.05, 0) is 48.4 Å². The fraction of sp³-hybridized carbons (Fsp3) is 0.222. The van der Waals surface area contributed by atoms with E-state index in [1.807, 2.05) is 0 Å². The molecule has 1 aromatic carbocycles. The van der Waals surface area contributed by atoms with Crippen LogP contribution in [0.4, 0.5) is 4.39 Å². The first-order chi connectivity index (χ1) is 13.4. The van der Waals surface area contributed by atoms with Crippen molar-refractivity contribution in [3.8, 4) is 5.75 Å². The zero-order valence-corrected chi connectivity index (χ0v) is 15.7. The number of sulfone groups is 1. The van der Waals surface area contributed by atoms with Gasteiger partial charge in [0.2, 0.25) is 5.95 Å². The molecule has 150 valence electrons. The number of hydroxylamine groups is 1. The highest BCUT2D eigenvalue weighted by Gasteiger charge is 2.30. The Bertz CT molecular complexity index is 919. The van der Waals surface area contributed by atoms with E-state index >= 15 is 0 Å². The summed E-state index contributed by atoms with van der Waals surface area (Å²) in [6.45, 7) is 3.49. The number of amides is 1. The lowest BCUT2D eigenvalue weighted by molar-refractivity contribution is -0.128. The van der Waals surface area contributed by atoms with Crippen LogP contribution in [0.25, 0.3) is 0 Å². The Morgan fingerprint density at radius 2 is 2.04 bits per heavy atom. The smallest absolute Gasteiger partial charge is 0.257 e. The van der Waals surface area contributed by atoms with Gasteiger partial charge in [0.25, 0.3) is 5.91 Å². The number of carbonyl (C=O) groups is 1. The maximum Gasteiger partial charge on any atom is 0.257 e. The molecule has 1 heterocycles. The van der Waals surface area contributed by atoms with Gasteiger partial charge in [-0.1, -0.05) is 6.08 Å². The van der Waals surface area contributed by atoms with Crippen molar-refractivity contribution in [3.63, 3.8) is 0 Å². The molecule has 8 nitrogen and oxygen atoms in total. The van der Waals surface area contributed by atoms with E-state index in [0.29, 0.717) is 18.8 Å². The molecule has 2 rings (SSSR count). The van der Waals surface area contributed by atoms with Crippen molar-refractivity contribution in [2.24, 2.45) is 0 Å². The number of hydrogen-bond acceptors (Lipinski definition) is 7.